The molecule has 3 aromatic rings. The van der Waals surface area contributed by atoms with Gasteiger partial charge in [0.05, 0.1) is 10.6 Å². The Hall–Kier alpha value is -3.07. The summed E-state index contributed by atoms with van der Waals surface area (Å²) < 4.78 is 29.2. The summed E-state index contributed by atoms with van der Waals surface area (Å²) in [5, 5.41) is 3.76. The summed E-state index contributed by atoms with van der Waals surface area (Å²) in [6, 6.07) is 16.1. The van der Waals surface area contributed by atoms with E-state index in [1.165, 1.54) is 17.0 Å². The summed E-state index contributed by atoms with van der Waals surface area (Å²) >= 11 is 12.9. The van der Waals surface area contributed by atoms with Crippen molar-refractivity contribution in [1.82, 2.24) is 10.2 Å². The summed E-state index contributed by atoms with van der Waals surface area (Å²) in [6.07, 6.45) is 3.86. The summed E-state index contributed by atoms with van der Waals surface area (Å²) in [5.74, 6) is -0.868. The lowest BCUT2D eigenvalue weighted by atomic mass is 10.1. The average Bonchev–Trinajstić information content (AvgIpc) is 3.43. The van der Waals surface area contributed by atoms with E-state index in [4.69, 9.17) is 23.2 Å². The van der Waals surface area contributed by atoms with Crippen molar-refractivity contribution in [3.8, 4) is 0 Å². The fourth-order valence-electron chi connectivity index (χ4n) is 5.29. The van der Waals surface area contributed by atoms with Gasteiger partial charge in [0.1, 0.15) is 12.6 Å². The molecule has 1 aliphatic carbocycles. The molecule has 0 saturated heterocycles. The van der Waals surface area contributed by atoms with Crippen LogP contribution in [0.25, 0.3) is 0 Å². The van der Waals surface area contributed by atoms with Crippen LogP contribution in [-0.4, -0.2) is 43.8 Å². The molecule has 3 aromatic carbocycles. The molecule has 42 heavy (non-hydrogen) atoms. The second-order valence-electron chi connectivity index (χ2n) is 11.1. The quantitative estimate of drug-likeness (QED) is 0.274. The molecule has 0 heterocycles. The molecule has 1 atom stereocenters. The number of anilines is 1. The number of carbonyl (C=O) groups is 2. The summed E-state index contributed by atoms with van der Waals surface area (Å²) in [5.41, 5.74) is 3.46. The van der Waals surface area contributed by atoms with Crippen molar-refractivity contribution in [3.63, 3.8) is 0 Å². The largest absolute Gasteiger partial charge is 0.352 e. The SMILES string of the molecule is Cc1ccc(S(=O)(=O)N(CC(=O)N(Cc2c(Cl)cccc2Cl)[C@H](C)C(=O)NC2CCCC2)c2cc(C)cc(C)c2)cc1. The van der Waals surface area contributed by atoms with Crippen LogP contribution in [0.5, 0.6) is 0 Å². The molecule has 0 aliphatic heterocycles. The first-order valence-electron chi connectivity index (χ1n) is 14.1. The van der Waals surface area contributed by atoms with Gasteiger partial charge in [0.25, 0.3) is 10.0 Å². The van der Waals surface area contributed by atoms with Gasteiger partial charge in [-0.25, -0.2) is 8.42 Å². The maximum absolute atomic E-state index is 14.2. The molecule has 1 fully saturated rings. The second-order valence-corrected chi connectivity index (χ2v) is 13.7. The van der Waals surface area contributed by atoms with Gasteiger partial charge in [-0.1, -0.05) is 65.9 Å². The molecule has 4 rings (SSSR count). The first-order chi connectivity index (χ1) is 19.9. The number of rotatable bonds is 10. The molecule has 0 bridgehead atoms. The van der Waals surface area contributed by atoms with E-state index >= 15 is 0 Å². The van der Waals surface area contributed by atoms with Crippen LogP contribution >= 0.6 is 23.2 Å². The Balaban J connectivity index is 1.74. The molecule has 0 aromatic heterocycles. The molecule has 2 amide bonds. The smallest absolute Gasteiger partial charge is 0.264 e. The lowest BCUT2D eigenvalue weighted by Gasteiger charge is -2.33. The number of nitrogens with one attached hydrogen (secondary N) is 1. The van der Waals surface area contributed by atoms with Gasteiger partial charge in [0, 0.05) is 28.2 Å². The van der Waals surface area contributed by atoms with E-state index in [0.29, 0.717) is 21.3 Å². The number of carbonyl (C=O) groups excluding carboxylic acids is 2. The van der Waals surface area contributed by atoms with Crippen LogP contribution in [0.15, 0.2) is 65.6 Å². The predicted octanol–water partition coefficient (Wildman–Crippen LogP) is 6.59. The predicted molar refractivity (Wildman–Crippen MR) is 168 cm³/mol. The number of sulfonamides is 1. The van der Waals surface area contributed by atoms with Crippen molar-refractivity contribution >= 4 is 50.7 Å². The highest BCUT2D eigenvalue weighted by Crippen LogP contribution is 2.29. The topological polar surface area (TPSA) is 86.8 Å². The minimum absolute atomic E-state index is 0.0505. The molecule has 0 unspecified atom stereocenters. The number of amides is 2. The first-order valence-corrected chi connectivity index (χ1v) is 16.3. The van der Waals surface area contributed by atoms with E-state index in [2.05, 4.69) is 5.32 Å². The highest BCUT2D eigenvalue weighted by Gasteiger charge is 2.34. The Labute approximate surface area is 258 Å². The molecule has 0 spiro atoms. The molecule has 10 heteroatoms. The lowest BCUT2D eigenvalue weighted by Crippen LogP contribution is -2.52. The number of benzene rings is 3. The van der Waals surface area contributed by atoms with Crippen LogP contribution < -0.4 is 9.62 Å². The number of aryl methyl sites for hydroxylation is 3. The van der Waals surface area contributed by atoms with Gasteiger partial charge < -0.3 is 10.2 Å². The van der Waals surface area contributed by atoms with Gasteiger partial charge in [-0.3, -0.25) is 13.9 Å². The first kappa shape index (κ1) is 31.9. The number of hydrogen-bond acceptors (Lipinski definition) is 4. The minimum Gasteiger partial charge on any atom is -0.352 e. The third-order valence-corrected chi connectivity index (χ3v) is 10.1. The maximum Gasteiger partial charge on any atom is 0.264 e. The average molecular weight is 631 g/mol. The van der Waals surface area contributed by atoms with Crippen molar-refractivity contribution in [2.45, 2.75) is 76.9 Å². The van der Waals surface area contributed by atoms with E-state index in [0.717, 1.165) is 46.7 Å². The minimum atomic E-state index is -4.15. The van der Waals surface area contributed by atoms with Crippen molar-refractivity contribution < 1.29 is 18.0 Å². The van der Waals surface area contributed by atoms with E-state index in [1.807, 2.05) is 26.8 Å². The van der Waals surface area contributed by atoms with Gasteiger partial charge in [0.2, 0.25) is 11.8 Å². The molecule has 1 N–H and O–H groups in total. The standard InChI is InChI=1S/C32H37Cl2N3O4S/c1-21-12-14-27(15-13-21)42(40,41)37(26-17-22(2)16-23(3)18-26)20-31(38)36(19-28-29(33)10-7-11-30(28)34)24(4)32(39)35-25-8-5-6-9-25/h7,10-18,24-25H,5-6,8-9,19-20H2,1-4H3,(H,35,39)/t24-/m1/s1. The molecule has 1 aliphatic rings. The van der Waals surface area contributed by atoms with Gasteiger partial charge in [0.15, 0.2) is 0 Å². The van der Waals surface area contributed by atoms with Crippen LogP contribution in [0.4, 0.5) is 5.69 Å². The lowest BCUT2D eigenvalue weighted by molar-refractivity contribution is -0.139. The Morgan fingerprint density at radius 3 is 2.05 bits per heavy atom. The Morgan fingerprint density at radius 2 is 1.48 bits per heavy atom. The van der Waals surface area contributed by atoms with E-state index in [-0.39, 0.29) is 23.4 Å². The van der Waals surface area contributed by atoms with Crippen molar-refractivity contribution in [3.05, 3.63) is 93.0 Å². The van der Waals surface area contributed by atoms with Gasteiger partial charge >= 0.3 is 0 Å². The molecule has 224 valence electrons. The third kappa shape index (κ3) is 7.46. The second kappa shape index (κ2) is 13.5. The fourth-order valence-corrected chi connectivity index (χ4v) is 7.20. The van der Waals surface area contributed by atoms with Gasteiger partial charge in [-0.2, -0.15) is 0 Å². The molecular formula is C32H37Cl2N3O4S. The van der Waals surface area contributed by atoms with Crippen LogP contribution in [0.3, 0.4) is 0 Å². The molecule has 1 saturated carbocycles. The van der Waals surface area contributed by atoms with E-state index < -0.39 is 28.5 Å². The summed E-state index contributed by atoms with van der Waals surface area (Å²) in [4.78, 5) is 29.0. The zero-order valence-electron chi connectivity index (χ0n) is 24.4. The van der Waals surface area contributed by atoms with Crippen molar-refractivity contribution in [2.24, 2.45) is 0 Å². The molecular weight excluding hydrogens is 593 g/mol. The van der Waals surface area contributed by atoms with E-state index in [9.17, 15) is 18.0 Å². The normalized spacial score (nSPS) is 14.4. The van der Waals surface area contributed by atoms with Crippen LogP contribution in [-0.2, 0) is 26.2 Å². The summed E-state index contributed by atoms with van der Waals surface area (Å²) in [7, 11) is -4.15. The highest BCUT2D eigenvalue weighted by atomic mass is 35.5. The Morgan fingerprint density at radius 1 is 0.905 bits per heavy atom. The molecule has 0 radical (unpaired) electrons. The maximum atomic E-state index is 14.2. The number of halogens is 2. The summed E-state index contributed by atoms with van der Waals surface area (Å²) in [6.45, 7) is 6.66. The van der Waals surface area contributed by atoms with Gasteiger partial charge in [-0.05, 0) is 88.1 Å². The Bertz CT molecular complexity index is 1510. The van der Waals surface area contributed by atoms with Gasteiger partial charge in [-0.15, -0.1) is 0 Å². The number of nitrogens with zero attached hydrogens (tertiary/aromatic N) is 2. The number of hydrogen-bond donors (Lipinski definition) is 1. The van der Waals surface area contributed by atoms with Crippen molar-refractivity contribution in [2.75, 3.05) is 10.8 Å². The fraction of sp³-hybridized carbons (Fsp3) is 0.375. The van der Waals surface area contributed by atoms with Crippen molar-refractivity contribution in [1.29, 1.82) is 0 Å². The van der Waals surface area contributed by atoms with E-state index in [1.54, 1.807) is 49.4 Å². The zero-order valence-corrected chi connectivity index (χ0v) is 26.7. The van der Waals surface area contributed by atoms with Crippen LogP contribution in [0, 0.1) is 20.8 Å². The van der Waals surface area contributed by atoms with Crippen LogP contribution in [0.2, 0.25) is 10.0 Å². The zero-order chi connectivity index (χ0) is 30.6. The monoisotopic (exact) mass is 629 g/mol. The molecule has 7 nitrogen and oxygen atoms in total. The Kier molecular flexibility index (Phi) is 10.2. The van der Waals surface area contributed by atoms with Crippen LogP contribution in [0.1, 0.15) is 54.9 Å². The third-order valence-electron chi connectivity index (χ3n) is 7.64. The highest BCUT2D eigenvalue weighted by molar-refractivity contribution is 7.92.